The molecular formula is C18H34O8. The van der Waals surface area contributed by atoms with Gasteiger partial charge in [0.15, 0.2) is 0 Å². The fourth-order valence-electron chi connectivity index (χ4n) is 1.70. The van der Waals surface area contributed by atoms with Crippen molar-refractivity contribution in [1.29, 1.82) is 0 Å². The van der Waals surface area contributed by atoms with Gasteiger partial charge in [-0.25, -0.2) is 0 Å². The molecule has 0 saturated heterocycles. The third-order valence-corrected chi connectivity index (χ3v) is 2.74. The zero-order chi connectivity index (χ0) is 19.7. The second-order valence-corrected chi connectivity index (χ2v) is 6.34. The summed E-state index contributed by atoms with van der Waals surface area (Å²) < 4.78 is 31.2. The van der Waals surface area contributed by atoms with Crippen LogP contribution in [0.5, 0.6) is 0 Å². The highest BCUT2D eigenvalue weighted by Crippen LogP contribution is 2.07. The van der Waals surface area contributed by atoms with E-state index in [1.807, 2.05) is 20.8 Å². The van der Waals surface area contributed by atoms with Crippen LogP contribution in [0.3, 0.4) is 0 Å². The van der Waals surface area contributed by atoms with Crippen LogP contribution in [-0.4, -0.2) is 77.0 Å². The lowest BCUT2D eigenvalue weighted by atomic mass is 10.2. The Hall–Kier alpha value is -1.22. The topological polar surface area (TPSA) is 89.5 Å². The summed E-state index contributed by atoms with van der Waals surface area (Å²) >= 11 is 0. The number of esters is 2. The summed E-state index contributed by atoms with van der Waals surface area (Å²) in [6.45, 7) is 10.9. The van der Waals surface area contributed by atoms with Crippen LogP contribution in [0.25, 0.3) is 0 Å². The predicted molar refractivity (Wildman–Crippen MR) is 95.0 cm³/mol. The summed E-state index contributed by atoms with van der Waals surface area (Å²) in [5, 5.41) is 0. The van der Waals surface area contributed by atoms with Gasteiger partial charge in [-0.2, -0.15) is 0 Å². The van der Waals surface area contributed by atoms with Crippen molar-refractivity contribution in [2.45, 2.75) is 46.1 Å². The van der Waals surface area contributed by atoms with E-state index in [1.165, 1.54) is 0 Å². The van der Waals surface area contributed by atoms with Crippen LogP contribution in [0.4, 0.5) is 0 Å². The Morgan fingerprint density at radius 3 is 1.42 bits per heavy atom. The van der Waals surface area contributed by atoms with Gasteiger partial charge >= 0.3 is 11.9 Å². The largest absolute Gasteiger partial charge is 0.466 e. The van der Waals surface area contributed by atoms with E-state index in [0.717, 1.165) is 0 Å². The number of ether oxygens (including phenoxy) is 6. The fourth-order valence-corrected chi connectivity index (χ4v) is 1.70. The van der Waals surface area contributed by atoms with Crippen LogP contribution in [0, 0.1) is 0 Å². The van der Waals surface area contributed by atoms with Crippen molar-refractivity contribution in [3.63, 3.8) is 0 Å². The number of hydrogen-bond donors (Lipinski definition) is 0. The molecule has 0 saturated carbocycles. The molecule has 0 unspecified atom stereocenters. The van der Waals surface area contributed by atoms with Gasteiger partial charge in [-0.1, -0.05) is 0 Å². The van der Waals surface area contributed by atoms with E-state index in [0.29, 0.717) is 59.5 Å². The average Bonchev–Trinajstić information content (AvgIpc) is 2.53. The van der Waals surface area contributed by atoms with Gasteiger partial charge in [-0.3, -0.25) is 9.59 Å². The highest BCUT2D eigenvalue weighted by atomic mass is 16.6. The first-order chi connectivity index (χ1) is 12.3. The number of carbonyl (C=O) groups is 2. The lowest BCUT2D eigenvalue weighted by molar-refractivity contribution is -0.156. The normalized spacial score (nSPS) is 11.4. The van der Waals surface area contributed by atoms with Crippen LogP contribution in [0.2, 0.25) is 0 Å². The number of rotatable bonds is 16. The molecule has 0 N–H and O–H groups in total. The van der Waals surface area contributed by atoms with Crippen LogP contribution >= 0.6 is 0 Å². The third kappa shape index (κ3) is 19.1. The molecule has 8 nitrogen and oxygen atoms in total. The minimum Gasteiger partial charge on any atom is -0.466 e. The van der Waals surface area contributed by atoms with Gasteiger partial charge in [0.2, 0.25) is 0 Å². The maximum absolute atomic E-state index is 11.4. The maximum Gasteiger partial charge on any atom is 0.308 e. The lowest BCUT2D eigenvalue weighted by Gasteiger charge is -2.19. The van der Waals surface area contributed by atoms with Crippen molar-refractivity contribution in [2.24, 2.45) is 0 Å². The van der Waals surface area contributed by atoms with E-state index < -0.39 is 5.60 Å². The Labute approximate surface area is 156 Å². The van der Waals surface area contributed by atoms with E-state index in [-0.39, 0.29) is 24.8 Å². The minimum absolute atomic E-state index is 0.233. The molecule has 0 aliphatic heterocycles. The van der Waals surface area contributed by atoms with Gasteiger partial charge in [0.25, 0.3) is 0 Å². The van der Waals surface area contributed by atoms with E-state index in [4.69, 9.17) is 28.4 Å². The van der Waals surface area contributed by atoms with Crippen LogP contribution in [0.1, 0.15) is 40.5 Å². The average molecular weight is 378 g/mol. The van der Waals surface area contributed by atoms with Gasteiger partial charge < -0.3 is 28.4 Å². The fraction of sp³-hybridized carbons (Fsp3) is 0.889. The van der Waals surface area contributed by atoms with E-state index in [9.17, 15) is 9.59 Å². The highest BCUT2D eigenvalue weighted by molar-refractivity contribution is 5.70. The quantitative estimate of drug-likeness (QED) is 0.296. The maximum atomic E-state index is 11.4. The summed E-state index contributed by atoms with van der Waals surface area (Å²) in [7, 11) is 0. The number of hydrogen-bond acceptors (Lipinski definition) is 8. The molecule has 0 aromatic carbocycles. The zero-order valence-electron chi connectivity index (χ0n) is 16.5. The van der Waals surface area contributed by atoms with Crippen LogP contribution < -0.4 is 0 Å². The van der Waals surface area contributed by atoms with Crippen LogP contribution in [-0.2, 0) is 38.0 Å². The Bertz CT molecular complexity index is 365. The summed E-state index contributed by atoms with van der Waals surface area (Å²) in [5.41, 5.74) is -0.466. The van der Waals surface area contributed by atoms with Gasteiger partial charge in [-0.05, 0) is 27.7 Å². The van der Waals surface area contributed by atoms with Gasteiger partial charge in [0.05, 0.1) is 72.3 Å². The molecule has 8 heteroatoms. The monoisotopic (exact) mass is 378 g/mol. The van der Waals surface area contributed by atoms with Crippen molar-refractivity contribution in [2.75, 3.05) is 59.5 Å². The second-order valence-electron chi connectivity index (χ2n) is 6.34. The zero-order valence-corrected chi connectivity index (χ0v) is 16.5. The van der Waals surface area contributed by atoms with Gasteiger partial charge in [0, 0.05) is 0 Å². The Morgan fingerprint density at radius 1 is 0.654 bits per heavy atom. The van der Waals surface area contributed by atoms with Gasteiger partial charge in [0.1, 0.15) is 5.60 Å². The molecule has 0 aromatic heterocycles. The molecule has 0 heterocycles. The predicted octanol–water partition coefficient (Wildman–Crippen LogP) is 1.74. The van der Waals surface area contributed by atoms with Crippen molar-refractivity contribution in [3.05, 3.63) is 0 Å². The molecular weight excluding hydrogens is 344 g/mol. The summed E-state index contributed by atoms with van der Waals surface area (Å²) in [6, 6.07) is 0. The molecule has 0 atom stereocenters. The summed E-state index contributed by atoms with van der Waals surface area (Å²) in [5.74, 6) is -0.522. The lowest BCUT2D eigenvalue weighted by Crippen LogP contribution is -2.24. The van der Waals surface area contributed by atoms with E-state index >= 15 is 0 Å². The number of carbonyl (C=O) groups excluding carboxylic acids is 2. The molecule has 0 aromatic rings. The Balaban J connectivity index is 3.20. The molecule has 26 heavy (non-hydrogen) atoms. The van der Waals surface area contributed by atoms with Crippen molar-refractivity contribution < 1.29 is 38.0 Å². The van der Waals surface area contributed by atoms with Crippen molar-refractivity contribution >= 4 is 11.9 Å². The van der Waals surface area contributed by atoms with Crippen LogP contribution in [0.15, 0.2) is 0 Å². The first-order valence-electron chi connectivity index (χ1n) is 9.03. The van der Waals surface area contributed by atoms with Crippen molar-refractivity contribution in [1.82, 2.24) is 0 Å². The molecule has 0 amide bonds. The van der Waals surface area contributed by atoms with E-state index in [2.05, 4.69) is 0 Å². The summed E-state index contributed by atoms with van der Waals surface area (Å²) in [6.07, 6.45) is 0.488. The molecule has 0 spiro atoms. The Kier molecular flexibility index (Phi) is 15.2. The first kappa shape index (κ1) is 24.8. The standard InChI is InChI=1S/C18H34O8/c1-5-25-16(19)6-8-21-10-12-23-14-15-24-13-11-22-9-7-17(20)26-18(2,3)4/h5-15H2,1-4H3. The SMILES string of the molecule is CCOC(=O)CCOCCOCCOCCOCCC(=O)OC(C)(C)C. The molecule has 0 bridgehead atoms. The second kappa shape index (κ2) is 16.0. The van der Waals surface area contributed by atoms with E-state index in [1.54, 1.807) is 6.92 Å². The van der Waals surface area contributed by atoms with Gasteiger partial charge in [-0.15, -0.1) is 0 Å². The minimum atomic E-state index is -0.466. The molecule has 0 aliphatic rings. The smallest absolute Gasteiger partial charge is 0.308 e. The summed E-state index contributed by atoms with van der Waals surface area (Å²) in [4.78, 5) is 22.5. The highest BCUT2D eigenvalue weighted by Gasteiger charge is 2.15. The van der Waals surface area contributed by atoms with Crippen molar-refractivity contribution in [3.8, 4) is 0 Å². The molecule has 0 radical (unpaired) electrons. The molecule has 154 valence electrons. The molecule has 0 aliphatic carbocycles. The molecule has 0 rings (SSSR count). The molecule has 0 fully saturated rings. The first-order valence-corrected chi connectivity index (χ1v) is 9.03. The Morgan fingerprint density at radius 2 is 1.04 bits per heavy atom. The third-order valence-electron chi connectivity index (χ3n) is 2.74.